The van der Waals surface area contributed by atoms with Crippen LogP contribution >= 0.6 is 0 Å². The van der Waals surface area contributed by atoms with Gasteiger partial charge in [-0.15, -0.1) is 0 Å². The van der Waals surface area contributed by atoms with Crippen molar-refractivity contribution in [1.82, 2.24) is 24.8 Å². The fourth-order valence-corrected chi connectivity index (χ4v) is 4.97. The summed E-state index contributed by atoms with van der Waals surface area (Å²) in [5, 5.41) is 0. The maximum atomic E-state index is 12.4. The van der Waals surface area contributed by atoms with Gasteiger partial charge < -0.3 is 29.9 Å². The number of anilines is 3. The van der Waals surface area contributed by atoms with Gasteiger partial charge in [0.05, 0.1) is 24.4 Å². The highest BCUT2D eigenvalue weighted by atomic mass is 16.5. The van der Waals surface area contributed by atoms with Crippen molar-refractivity contribution in [3.8, 4) is 11.3 Å². The van der Waals surface area contributed by atoms with Gasteiger partial charge >= 0.3 is 0 Å². The van der Waals surface area contributed by atoms with E-state index in [9.17, 15) is 4.79 Å². The molecule has 0 bridgehead atoms. The molecular weight excluding hydrogens is 424 g/mol. The molecule has 5 heterocycles. The average Bonchev–Trinajstić information content (AvgIpc) is 3.45. The lowest BCUT2D eigenvalue weighted by Gasteiger charge is -2.37. The summed E-state index contributed by atoms with van der Waals surface area (Å²) in [4.78, 5) is 37.2. The van der Waals surface area contributed by atoms with Crippen molar-refractivity contribution >= 4 is 23.6 Å². The normalized spacial score (nSPS) is 22.7. The van der Waals surface area contributed by atoms with Crippen molar-refractivity contribution in [2.75, 3.05) is 75.2 Å². The maximum absolute atomic E-state index is 12.4. The van der Waals surface area contributed by atoms with Crippen LogP contribution in [-0.2, 0) is 20.7 Å². The molecule has 3 aliphatic heterocycles. The van der Waals surface area contributed by atoms with Crippen LogP contribution in [0.15, 0.2) is 12.4 Å². The van der Waals surface area contributed by atoms with Gasteiger partial charge in [0, 0.05) is 63.4 Å². The lowest BCUT2D eigenvalue weighted by molar-refractivity contribution is -0.134. The van der Waals surface area contributed by atoms with Gasteiger partial charge in [0.2, 0.25) is 17.8 Å². The second kappa shape index (κ2) is 8.71. The summed E-state index contributed by atoms with van der Waals surface area (Å²) >= 11 is 0. The van der Waals surface area contributed by atoms with E-state index in [4.69, 9.17) is 25.2 Å². The molecule has 2 fully saturated rings. The van der Waals surface area contributed by atoms with Gasteiger partial charge in [-0.25, -0.2) is 15.0 Å². The molecule has 2 aromatic rings. The predicted molar refractivity (Wildman–Crippen MR) is 123 cm³/mol. The van der Waals surface area contributed by atoms with Crippen LogP contribution in [0, 0.1) is 0 Å². The largest absolute Gasteiger partial charge is 0.378 e. The number of morpholine rings is 1. The van der Waals surface area contributed by atoms with Crippen LogP contribution < -0.4 is 15.5 Å². The first-order valence-electron chi connectivity index (χ1n) is 11.3. The highest BCUT2D eigenvalue weighted by Crippen LogP contribution is 2.41. The number of carbonyl (C=O) groups excluding carboxylic acids is 1. The van der Waals surface area contributed by atoms with E-state index < -0.39 is 0 Å². The Morgan fingerprint density at radius 2 is 1.94 bits per heavy atom. The molecule has 11 heteroatoms. The molecule has 0 unspecified atom stereocenters. The molecule has 1 atom stereocenters. The fourth-order valence-electron chi connectivity index (χ4n) is 4.97. The highest BCUT2D eigenvalue weighted by molar-refractivity contribution is 5.78. The zero-order valence-corrected chi connectivity index (χ0v) is 19.2. The van der Waals surface area contributed by atoms with Crippen LogP contribution in [0.3, 0.4) is 0 Å². The van der Waals surface area contributed by atoms with Crippen LogP contribution in [0.2, 0.25) is 0 Å². The van der Waals surface area contributed by atoms with Crippen LogP contribution in [0.1, 0.15) is 18.9 Å². The van der Waals surface area contributed by atoms with Crippen molar-refractivity contribution in [2.24, 2.45) is 0 Å². The summed E-state index contributed by atoms with van der Waals surface area (Å²) in [6.07, 6.45) is 5.14. The molecule has 176 valence electrons. The molecule has 5 rings (SSSR count). The van der Waals surface area contributed by atoms with Gasteiger partial charge in [-0.3, -0.25) is 4.79 Å². The third-order valence-corrected chi connectivity index (χ3v) is 6.78. The standard InChI is InChI=1S/C22H30N8O3/c1-22(4-6-29(14-22)17(31)13-32-2)30-5-3-16-18(15-11-24-20(23)25-12-15)26-21(27-19(16)30)28-7-9-33-10-8-28/h11-12H,3-10,13-14H2,1-2H3,(H2,23,24,25)/t22-/m1/s1. The number of methoxy groups -OCH3 is 1. The Morgan fingerprint density at radius 3 is 2.67 bits per heavy atom. The quantitative estimate of drug-likeness (QED) is 0.677. The topological polar surface area (TPSA) is 123 Å². The lowest BCUT2D eigenvalue weighted by Crippen LogP contribution is -2.49. The Hall–Kier alpha value is -3.05. The van der Waals surface area contributed by atoms with Crippen LogP contribution in [0.4, 0.5) is 17.7 Å². The number of ether oxygens (including phenoxy) is 2. The van der Waals surface area contributed by atoms with Gasteiger partial charge in [0.1, 0.15) is 12.4 Å². The maximum Gasteiger partial charge on any atom is 0.248 e. The highest BCUT2D eigenvalue weighted by Gasteiger charge is 2.44. The molecule has 3 aliphatic rings. The van der Waals surface area contributed by atoms with Gasteiger partial charge in [0.15, 0.2) is 0 Å². The fraction of sp³-hybridized carbons (Fsp3) is 0.591. The van der Waals surface area contributed by atoms with E-state index in [1.807, 2.05) is 4.90 Å². The molecule has 0 saturated carbocycles. The zero-order chi connectivity index (χ0) is 23.0. The molecule has 11 nitrogen and oxygen atoms in total. The van der Waals surface area contributed by atoms with Crippen molar-refractivity contribution in [1.29, 1.82) is 0 Å². The van der Waals surface area contributed by atoms with Crippen molar-refractivity contribution in [2.45, 2.75) is 25.3 Å². The second-order valence-corrected chi connectivity index (χ2v) is 9.00. The number of nitrogens with two attached hydrogens (primary N) is 1. The second-order valence-electron chi connectivity index (χ2n) is 9.00. The van der Waals surface area contributed by atoms with E-state index >= 15 is 0 Å². The van der Waals surface area contributed by atoms with E-state index in [1.54, 1.807) is 19.5 Å². The molecule has 2 saturated heterocycles. The molecule has 1 amide bonds. The number of likely N-dealkylation sites (tertiary alicyclic amines) is 1. The van der Waals surface area contributed by atoms with E-state index in [2.05, 4.69) is 26.7 Å². The Labute approximate surface area is 192 Å². The molecule has 0 aromatic carbocycles. The Bertz CT molecular complexity index is 1030. The monoisotopic (exact) mass is 454 g/mol. The summed E-state index contributed by atoms with van der Waals surface area (Å²) in [6.45, 7) is 7.29. The number of amides is 1. The lowest BCUT2D eigenvalue weighted by atomic mass is 9.99. The molecule has 2 N–H and O–H groups in total. The van der Waals surface area contributed by atoms with E-state index in [0.29, 0.717) is 32.3 Å². The van der Waals surface area contributed by atoms with Crippen molar-refractivity contribution in [3.63, 3.8) is 0 Å². The van der Waals surface area contributed by atoms with Gasteiger partial charge in [-0.05, 0) is 19.8 Å². The number of hydrogen-bond acceptors (Lipinski definition) is 10. The Morgan fingerprint density at radius 1 is 1.18 bits per heavy atom. The summed E-state index contributed by atoms with van der Waals surface area (Å²) in [7, 11) is 1.55. The molecule has 2 aromatic heterocycles. The number of nitrogen functional groups attached to an aromatic ring is 1. The summed E-state index contributed by atoms with van der Waals surface area (Å²) in [5.41, 5.74) is 8.27. The van der Waals surface area contributed by atoms with Crippen LogP contribution in [0.5, 0.6) is 0 Å². The first-order chi connectivity index (χ1) is 16.0. The van der Waals surface area contributed by atoms with Crippen molar-refractivity contribution in [3.05, 3.63) is 18.0 Å². The molecular formula is C22H30N8O3. The number of hydrogen-bond donors (Lipinski definition) is 1. The minimum atomic E-state index is -0.208. The molecule has 0 spiro atoms. The van der Waals surface area contributed by atoms with Gasteiger partial charge in [0.25, 0.3) is 0 Å². The van der Waals surface area contributed by atoms with Gasteiger partial charge in [-0.2, -0.15) is 4.98 Å². The Kier molecular flexibility index (Phi) is 5.75. The van der Waals surface area contributed by atoms with Crippen LogP contribution in [-0.4, -0.2) is 95.9 Å². The minimum Gasteiger partial charge on any atom is -0.378 e. The number of fused-ring (bicyclic) bond motifs is 1. The number of rotatable bonds is 5. The predicted octanol–water partition coefficient (Wildman–Crippen LogP) is 0.352. The first-order valence-corrected chi connectivity index (χ1v) is 11.3. The van der Waals surface area contributed by atoms with E-state index in [0.717, 1.165) is 55.1 Å². The Balaban J connectivity index is 1.53. The zero-order valence-electron chi connectivity index (χ0n) is 19.2. The summed E-state index contributed by atoms with van der Waals surface area (Å²) in [5.74, 6) is 1.88. The van der Waals surface area contributed by atoms with E-state index in [-0.39, 0.29) is 24.0 Å². The first kappa shape index (κ1) is 21.8. The molecule has 0 radical (unpaired) electrons. The SMILES string of the molecule is COCC(=O)N1CC[C@@](C)(N2CCc3c(-c4cnc(N)nc4)nc(N4CCOCC4)nc32)C1. The third-order valence-electron chi connectivity index (χ3n) is 6.78. The average molecular weight is 455 g/mol. The summed E-state index contributed by atoms with van der Waals surface area (Å²) < 4.78 is 10.6. The minimum absolute atomic E-state index is 0.0250. The van der Waals surface area contributed by atoms with Crippen molar-refractivity contribution < 1.29 is 14.3 Å². The number of carbonyl (C=O) groups is 1. The number of aromatic nitrogens is 4. The van der Waals surface area contributed by atoms with Crippen LogP contribution in [0.25, 0.3) is 11.3 Å². The molecule has 0 aliphatic carbocycles. The third kappa shape index (κ3) is 4.06. The number of nitrogens with zero attached hydrogens (tertiary/aromatic N) is 7. The summed E-state index contributed by atoms with van der Waals surface area (Å²) in [6, 6.07) is 0. The van der Waals surface area contributed by atoms with Gasteiger partial charge in [-0.1, -0.05) is 0 Å². The smallest absolute Gasteiger partial charge is 0.248 e. The van der Waals surface area contributed by atoms with E-state index in [1.165, 1.54) is 0 Å². The molecule has 33 heavy (non-hydrogen) atoms.